The monoisotopic (exact) mass is 318 g/mol. The van der Waals surface area contributed by atoms with Crippen LogP contribution in [0.1, 0.15) is 27.2 Å². The van der Waals surface area contributed by atoms with Crippen molar-refractivity contribution in [2.45, 2.75) is 38.3 Å². The Balaban J connectivity index is 2.77. The summed E-state index contributed by atoms with van der Waals surface area (Å²) in [5.74, 6) is -0.982. The number of nitrogens with zero attached hydrogens (tertiary/aromatic N) is 2. The maximum absolute atomic E-state index is 12.0. The summed E-state index contributed by atoms with van der Waals surface area (Å²) in [6.45, 7) is 5.90. The molecule has 1 saturated heterocycles. The fourth-order valence-corrected chi connectivity index (χ4v) is 2.65. The van der Waals surface area contributed by atoms with E-state index in [2.05, 4.69) is 0 Å². The Hall–Kier alpha value is -1.38. The molecule has 8 nitrogen and oxygen atoms in total. The van der Waals surface area contributed by atoms with Crippen molar-refractivity contribution >= 4 is 12.1 Å². The first kappa shape index (κ1) is 18.7. The molecule has 0 atom stereocenters. The maximum atomic E-state index is 12.0. The lowest BCUT2D eigenvalue weighted by Crippen LogP contribution is -2.72. The van der Waals surface area contributed by atoms with Gasteiger partial charge in [0, 0.05) is 26.2 Å². The summed E-state index contributed by atoms with van der Waals surface area (Å²) in [6, 6.07) is 0. The minimum absolute atomic E-state index is 0.145. The zero-order valence-electron chi connectivity index (χ0n) is 13.4. The number of likely N-dealkylation sites (tertiary alicyclic amines) is 1. The van der Waals surface area contributed by atoms with E-state index in [1.54, 1.807) is 25.7 Å². The molecule has 128 valence electrons. The molecule has 0 saturated carbocycles. The lowest BCUT2D eigenvalue weighted by atomic mass is 9.84. The molecule has 1 rings (SSSR count). The summed E-state index contributed by atoms with van der Waals surface area (Å²) in [6.07, 6.45) is -0.645. The highest BCUT2D eigenvalue weighted by atomic mass is 16.6. The second-order valence-electron chi connectivity index (χ2n) is 6.57. The van der Waals surface area contributed by atoms with Gasteiger partial charge in [-0.25, -0.2) is 4.79 Å². The molecule has 0 unspecified atom stereocenters. The van der Waals surface area contributed by atoms with Gasteiger partial charge in [-0.2, -0.15) is 0 Å². The van der Waals surface area contributed by atoms with Crippen molar-refractivity contribution < 1.29 is 29.6 Å². The second-order valence-corrected chi connectivity index (χ2v) is 6.57. The number of hydrogen-bond donors (Lipinski definition) is 3. The topological polar surface area (TPSA) is 111 Å². The molecular formula is C14H26N2O6. The van der Waals surface area contributed by atoms with Crippen LogP contribution in [0.15, 0.2) is 0 Å². The minimum atomic E-state index is -0.982. The number of carbonyl (C=O) groups is 2. The van der Waals surface area contributed by atoms with Gasteiger partial charge < -0.3 is 25.0 Å². The van der Waals surface area contributed by atoms with Crippen molar-refractivity contribution in [2.75, 3.05) is 39.4 Å². The average molecular weight is 318 g/mol. The van der Waals surface area contributed by atoms with E-state index in [-0.39, 0.29) is 45.8 Å². The molecule has 1 heterocycles. The number of aliphatic hydroxyl groups is 2. The molecule has 0 aromatic rings. The number of amides is 1. The van der Waals surface area contributed by atoms with E-state index in [0.29, 0.717) is 0 Å². The van der Waals surface area contributed by atoms with Crippen molar-refractivity contribution in [1.29, 1.82) is 0 Å². The molecule has 22 heavy (non-hydrogen) atoms. The van der Waals surface area contributed by atoms with E-state index in [1.165, 1.54) is 4.90 Å². The van der Waals surface area contributed by atoms with E-state index < -0.39 is 23.2 Å². The first-order valence-electron chi connectivity index (χ1n) is 7.30. The Morgan fingerprint density at radius 1 is 1.18 bits per heavy atom. The third-order valence-electron chi connectivity index (χ3n) is 3.51. The van der Waals surface area contributed by atoms with Gasteiger partial charge in [-0.1, -0.05) is 0 Å². The Kier molecular flexibility index (Phi) is 6.16. The number of β-amino-alcohol motifs (C(OH)–C–C–N with tert-alkyl or cyclic N) is 2. The number of hydrogen-bond acceptors (Lipinski definition) is 6. The molecular weight excluding hydrogens is 292 g/mol. The standard InChI is InChI=1S/C14H26N2O6/c1-13(2,3)22-12(21)15-9-14(10-15,8-11(19)20)16(4-6-17)5-7-18/h17-18H,4-10H2,1-3H3,(H,19,20). The molecule has 1 aliphatic rings. The van der Waals surface area contributed by atoms with E-state index in [0.717, 1.165) is 0 Å². The molecule has 1 aliphatic heterocycles. The van der Waals surface area contributed by atoms with Crippen LogP contribution in [0.3, 0.4) is 0 Å². The van der Waals surface area contributed by atoms with E-state index in [9.17, 15) is 9.59 Å². The normalized spacial score (nSPS) is 17.3. The molecule has 1 fully saturated rings. The minimum Gasteiger partial charge on any atom is -0.481 e. The number of carboxylic acids is 1. The summed E-state index contributed by atoms with van der Waals surface area (Å²) in [5, 5.41) is 27.4. The highest BCUT2D eigenvalue weighted by molar-refractivity contribution is 5.73. The molecule has 0 aromatic carbocycles. The smallest absolute Gasteiger partial charge is 0.410 e. The maximum Gasteiger partial charge on any atom is 0.410 e. The quantitative estimate of drug-likeness (QED) is 0.593. The largest absolute Gasteiger partial charge is 0.481 e. The van der Waals surface area contributed by atoms with E-state index in [4.69, 9.17) is 20.1 Å². The van der Waals surface area contributed by atoms with Crippen LogP contribution in [0.4, 0.5) is 4.79 Å². The van der Waals surface area contributed by atoms with Gasteiger partial charge in [0.1, 0.15) is 5.60 Å². The molecule has 0 radical (unpaired) electrons. The van der Waals surface area contributed by atoms with Gasteiger partial charge in [-0.3, -0.25) is 9.69 Å². The first-order valence-corrected chi connectivity index (χ1v) is 7.30. The van der Waals surface area contributed by atoms with Gasteiger partial charge in [0.25, 0.3) is 0 Å². The van der Waals surface area contributed by atoms with Gasteiger partial charge in [-0.05, 0) is 20.8 Å². The lowest BCUT2D eigenvalue weighted by molar-refractivity contribution is -0.146. The Morgan fingerprint density at radius 3 is 2.05 bits per heavy atom. The summed E-state index contributed by atoms with van der Waals surface area (Å²) in [7, 11) is 0. The number of ether oxygens (including phenoxy) is 1. The predicted octanol–water partition coefficient (Wildman–Crippen LogP) is -0.263. The van der Waals surface area contributed by atoms with Crippen molar-refractivity contribution in [3.63, 3.8) is 0 Å². The third-order valence-corrected chi connectivity index (χ3v) is 3.51. The van der Waals surface area contributed by atoms with Crippen LogP contribution in [-0.4, -0.2) is 87.7 Å². The summed E-state index contributed by atoms with van der Waals surface area (Å²) in [4.78, 5) is 26.3. The first-order chi connectivity index (χ1) is 10.1. The van der Waals surface area contributed by atoms with Gasteiger partial charge >= 0.3 is 12.1 Å². The molecule has 0 spiro atoms. The molecule has 3 N–H and O–H groups in total. The lowest BCUT2D eigenvalue weighted by Gasteiger charge is -2.54. The number of carboxylic acid groups (broad SMARTS) is 1. The zero-order valence-corrected chi connectivity index (χ0v) is 13.4. The fourth-order valence-electron chi connectivity index (χ4n) is 2.65. The van der Waals surface area contributed by atoms with E-state index in [1.807, 2.05) is 0 Å². The molecule has 0 bridgehead atoms. The van der Waals surface area contributed by atoms with Crippen LogP contribution in [0.2, 0.25) is 0 Å². The summed E-state index contributed by atoms with van der Waals surface area (Å²) >= 11 is 0. The number of carbonyl (C=O) groups excluding carboxylic acids is 1. The van der Waals surface area contributed by atoms with Crippen molar-refractivity contribution in [3.05, 3.63) is 0 Å². The summed E-state index contributed by atoms with van der Waals surface area (Å²) < 4.78 is 5.26. The van der Waals surface area contributed by atoms with Crippen molar-refractivity contribution in [3.8, 4) is 0 Å². The van der Waals surface area contributed by atoms with Crippen molar-refractivity contribution in [1.82, 2.24) is 9.80 Å². The van der Waals surface area contributed by atoms with Gasteiger partial charge in [0.15, 0.2) is 0 Å². The second kappa shape index (κ2) is 7.26. The van der Waals surface area contributed by atoms with Gasteiger partial charge in [0.05, 0.1) is 25.2 Å². The Labute approximate surface area is 130 Å². The predicted molar refractivity (Wildman–Crippen MR) is 78.5 cm³/mol. The summed E-state index contributed by atoms with van der Waals surface area (Å²) in [5.41, 5.74) is -1.38. The van der Waals surface area contributed by atoms with Crippen LogP contribution in [0.25, 0.3) is 0 Å². The van der Waals surface area contributed by atoms with Gasteiger partial charge in [-0.15, -0.1) is 0 Å². The van der Waals surface area contributed by atoms with Crippen LogP contribution in [-0.2, 0) is 9.53 Å². The highest BCUT2D eigenvalue weighted by Gasteiger charge is 2.51. The number of aliphatic carboxylic acids is 1. The zero-order chi connectivity index (χ0) is 17.0. The Bertz CT molecular complexity index is 395. The fraction of sp³-hybridized carbons (Fsp3) is 0.857. The van der Waals surface area contributed by atoms with Crippen LogP contribution in [0, 0.1) is 0 Å². The van der Waals surface area contributed by atoms with E-state index >= 15 is 0 Å². The highest BCUT2D eigenvalue weighted by Crippen LogP contribution is 2.32. The van der Waals surface area contributed by atoms with Crippen LogP contribution < -0.4 is 0 Å². The Morgan fingerprint density at radius 2 is 1.68 bits per heavy atom. The average Bonchev–Trinajstić information content (AvgIpc) is 2.30. The van der Waals surface area contributed by atoms with Crippen LogP contribution >= 0.6 is 0 Å². The third kappa shape index (κ3) is 4.82. The molecule has 0 aromatic heterocycles. The number of rotatable bonds is 7. The molecule has 8 heteroatoms. The van der Waals surface area contributed by atoms with Crippen molar-refractivity contribution in [2.24, 2.45) is 0 Å². The van der Waals surface area contributed by atoms with Crippen LogP contribution in [0.5, 0.6) is 0 Å². The number of aliphatic hydroxyl groups excluding tert-OH is 2. The SMILES string of the molecule is CC(C)(C)OC(=O)N1CC(CC(=O)O)(N(CCO)CCO)C1. The molecule has 1 amide bonds. The molecule has 0 aliphatic carbocycles. The van der Waals surface area contributed by atoms with Gasteiger partial charge in [0.2, 0.25) is 0 Å².